The number of amides is 1. The molecule has 1 amide bonds. The van der Waals surface area contributed by atoms with E-state index in [4.69, 9.17) is 9.47 Å². The zero-order valence-corrected chi connectivity index (χ0v) is 13.0. The van der Waals surface area contributed by atoms with Crippen LogP contribution in [0.25, 0.3) is 0 Å². The van der Waals surface area contributed by atoms with Crippen LogP contribution in [0.2, 0.25) is 0 Å². The SMILES string of the molecule is COC(=O)c1cc(C(=O)Nc2ccc3c(c2)OCO3)cc([N+](=O)[O-])c1. The molecule has 1 N–H and O–H groups in total. The van der Waals surface area contributed by atoms with Gasteiger partial charge in [-0.05, 0) is 18.2 Å². The number of methoxy groups -OCH3 is 1. The second-order valence-electron chi connectivity index (χ2n) is 5.04. The van der Waals surface area contributed by atoms with Gasteiger partial charge in [0.25, 0.3) is 11.6 Å². The number of nitro groups is 1. The summed E-state index contributed by atoms with van der Waals surface area (Å²) in [5.74, 6) is -0.359. The summed E-state index contributed by atoms with van der Waals surface area (Å²) in [6.07, 6.45) is 0. The van der Waals surface area contributed by atoms with Crippen LogP contribution in [0.4, 0.5) is 11.4 Å². The first-order chi connectivity index (χ1) is 12.0. The Kier molecular flexibility index (Phi) is 4.21. The maximum Gasteiger partial charge on any atom is 0.338 e. The van der Waals surface area contributed by atoms with E-state index in [0.29, 0.717) is 17.2 Å². The number of fused-ring (bicyclic) bond motifs is 1. The van der Waals surface area contributed by atoms with Crippen molar-refractivity contribution in [3.8, 4) is 11.5 Å². The predicted molar refractivity (Wildman–Crippen MR) is 85.0 cm³/mol. The van der Waals surface area contributed by atoms with Gasteiger partial charge in [-0.1, -0.05) is 0 Å². The molecule has 0 saturated carbocycles. The molecule has 0 unspecified atom stereocenters. The Labute approximate surface area is 141 Å². The largest absolute Gasteiger partial charge is 0.465 e. The van der Waals surface area contributed by atoms with E-state index in [0.717, 1.165) is 19.2 Å². The second-order valence-corrected chi connectivity index (χ2v) is 5.04. The Hall–Kier alpha value is -3.62. The van der Waals surface area contributed by atoms with Gasteiger partial charge in [0.05, 0.1) is 17.6 Å². The maximum atomic E-state index is 12.4. The summed E-state index contributed by atoms with van der Waals surface area (Å²) in [5.41, 5.74) is -0.112. The van der Waals surface area contributed by atoms with Gasteiger partial charge in [-0.25, -0.2) is 4.79 Å². The van der Waals surface area contributed by atoms with E-state index in [1.165, 1.54) is 6.07 Å². The molecule has 0 spiro atoms. The number of anilines is 1. The predicted octanol–water partition coefficient (Wildman–Crippen LogP) is 2.36. The van der Waals surface area contributed by atoms with Crippen LogP contribution in [0, 0.1) is 10.1 Å². The Balaban J connectivity index is 1.89. The summed E-state index contributed by atoms with van der Waals surface area (Å²) in [4.78, 5) is 34.4. The van der Waals surface area contributed by atoms with Gasteiger partial charge in [-0.3, -0.25) is 14.9 Å². The lowest BCUT2D eigenvalue weighted by atomic mass is 10.1. The number of nitrogens with one attached hydrogen (secondary N) is 1. The number of benzene rings is 2. The van der Waals surface area contributed by atoms with Crippen LogP contribution in [0.5, 0.6) is 11.5 Å². The van der Waals surface area contributed by atoms with Gasteiger partial charge in [0.15, 0.2) is 11.5 Å². The van der Waals surface area contributed by atoms with Crippen molar-refractivity contribution in [2.24, 2.45) is 0 Å². The van der Waals surface area contributed by atoms with Crippen molar-refractivity contribution < 1.29 is 28.7 Å². The summed E-state index contributed by atoms with van der Waals surface area (Å²) >= 11 is 0. The quantitative estimate of drug-likeness (QED) is 0.514. The molecule has 9 heteroatoms. The number of hydrogen-bond acceptors (Lipinski definition) is 7. The highest BCUT2D eigenvalue weighted by atomic mass is 16.7. The van der Waals surface area contributed by atoms with Crippen molar-refractivity contribution >= 4 is 23.3 Å². The number of nitro benzene ring substituents is 1. The van der Waals surface area contributed by atoms with E-state index in [1.807, 2.05) is 0 Å². The molecule has 0 aliphatic carbocycles. The molecule has 1 aliphatic rings. The molecule has 0 saturated heterocycles. The first-order valence-electron chi connectivity index (χ1n) is 7.07. The Morgan fingerprint density at radius 2 is 1.84 bits per heavy atom. The van der Waals surface area contributed by atoms with Crippen molar-refractivity contribution in [3.05, 3.63) is 57.6 Å². The summed E-state index contributed by atoms with van der Waals surface area (Å²) < 4.78 is 14.9. The fourth-order valence-electron chi connectivity index (χ4n) is 2.26. The van der Waals surface area contributed by atoms with E-state index in [-0.39, 0.29) is 17.9 Å². The number of carbonyl (C=O) groups excluding carboxylic acids is 2. The van der Waals surface area contributed by atoms with Gasteiger partial charge in [0.1, 0.15) is 0 Å². The van der Waals surface area contributed by atoms with Crippen LogP contribution in [-0.4, -0.2) is 30.7 Å². The summed E-state index contributed by atoms with van der Waals surface area (Å²) in [5, 5.41) is 13.6. The number of ether oxygens (including phenoxy) is 3. The molecule has 3 rings (SSSR count). The van der Waals surface area contributed by atoms with Gasteiger partial charge in [-0.2, -0.15) is 0 Å². The second kappa shape index (κ2) is 6.48. The van der Waals surface area contributed by atoms with Gasteiger partial charge in [-0.15, -0.1) is 0 Å². The lowest BCUT2D eigenvalue weighted by Crippen LogP contribution is -2.14. The van der Waals surface area contributed by atoms with Gasteiger partial charge < -0.3 is 19.5 Å². The first-order valence-corrected chi connectivity index (χ1v) is 7.07. The molecule has 1 heterocycles. The van der Waals surface area contributed by atoms with Gasteiger partial charge in [0.2, 0.25) is 6.79 Å². The number of carbonyl (C=O) groups is 2. The molecule has 0 atom stereocenters. The molecular weight excluding hydrogens is 332 g/mol. The summed E-state index contributed by atoms with van der Waals surface area (Å²) in [6, 6.07) is 8.15. The number of esters is 1. The molecular formula is C16H12N2O7. The molecule has 2 aromatic carbocycles. The average molecular weight is 344 g/mol. The van der Waals surface area contributed by atoms with Crippen LogP contribution in [0.15, 0.2) is 36.4 Å². The van der Waals surface area contributed by atoms with Crippen LogP contribution in [0.1, 0.15) is 20.7 Å². The van der Waals surface area contributed by atoms with E-state index in [1.54, 1.807) is 18.2 Å². The zero-order valence-electron chi connectivity index (χ0n) is 13.0. The third kappa shape index (κ3) is 3.34. The Morgan fingerprint density at radius 3 is 2.56 bits per heavy atom. The van der Waals surface area contributed by atoms with Crippen molar-refractivity contribution in [2.75, 3.05) is 19.2 Å². The highest BCUT2D eigenvalue weighted by Crippen LogP contribution is 2.34. The first kappa shape index (κ1) is 16.2. The van der Waals surface area contributed by atoms with E-state index in [2.05, 4.69) is 10.1 Å². The molecule has 9 nitrogen and oxygen atoms in total. The minimum absolute atomic E-state index is 0.0488. The highest BCUT2D eigenvalue weighted by Gasteiger charge is 2.19. The number of nitrogens with zero attached hydrogens (tertiary/aromatic N) is 1. The normalized spacial score (nSPS) is 11.7. The minimum Gasteiger partial charge on any atom is -0.465 e. The lowest BCUT2D eigenvalue weighted by Gasteiger charge is -2.07. The third-order valence-electron chi connectivity index (χ3n) is 3.44. The number of rotatable bonds is 4. The molecule has 1 aliphatic heterocycles. The molecule has 0 aromatic heterocycles. The number of non-ortho nitro benzene ring substituents is 1. The van der Waals surface area contributed by atoms with Crippen molar-refractivity contribution in [1.82, 2.24) is 0 Å². The maximum absolute atomic E-state index is 12.4. The fraction of sp³-hybridized carbons (Fsp3) is 0.125. The smallest absolute Gasteiger partial charge is 0.338 e. The van der Waals surface area contributed by atoms with Crippen LogP contribution >= 0.6 is 0 Å². The summed E-state index contributed by atoms with van der Waals surface area (Å²) in [6.45, 7) is 0.0973. The topological polar surface area (TPSA) is 117 Å². The van der Waals surface area contributed by atoms with Crippen LogP contribution in [0.3, 0.4) is 0 Å². The average Bonchev–Trinajstić information content (AvgIpc) is 3.08. The van der Waals surface area contributed by atoms with E-state index in [9.17, 15) is 19.7 Å². The van der Waals surface area contributed by atoms with E-state index >= 15 is 0 Å². The summed E-state index contributed by atoms with van der Waals surface area (Å²) in [7, 11) is 1.15. The lowest BCUT2D eigenvalue weighted by molar-refractivity contribution is -0.384. The Morgan fingerprint density at radius 1 is 1.12 bits per heavy atom. The Bertz CT molecular complexity index is 879. The third-order valence-corrected chi connectivity index (χ3v) is 3.44. The highest BCUT2D eigenvalue weighted by molar-refractivity contribution is 6.06. The minimum atomic E-state index is -0.777. The van der Waals surface area contributed by atoms with Crippen LogP contribution < -0.4 is 14.8 Å². The van der Waals surface area contributed by atoms with E-state index < -0.39 is 22.5 Å². The molecule has 0 radical (unpaired) electrons. The van der Waals surface area contributed by atoms with Gasteiger partial charge >= 0.3 is 5.97 Å². The number of hydrogen-bond donors (Lipinski definition) is 1. The standard InChI is InChI=1S/C16H12N2O7/c1-23-16(20)10-4-9(5-12(6-10)18(21)22)15(19)17-11-2-3-13-14(7-11)25-8-24-13/h2-7H,8H2,1H3,(H,17,19). The van der Waals surface area contributed by atoms with Crippen molar-refractivity contribution in [3.63, 3.8) is 0 Å². The molecule has 25 heavy (non-hydrogen) atoms. The molecule has 0 fully saturated rings. The molecule has 128 valence electrons. The molecule has 0 bridgehead atoms. The van der Waals surface area contributed by atoms with Gasteiger partial charge in [0, 0.05) is 29.4 Å². The molecule has 2 aromatic rings. The monoisotopic (exact) mass is 344 g/mol. The van der Waals surface area contributed by atoms with Crippen molar-refractivity contribution in [1.29, 1.82) is 0 Å². The van der Waals surface area contributed by atoms with Crippen LogP contribution in [-0.2, 0) is 4.74 Å². The van der Waals surface area contributed by atoms with Crippen molar-refractivity contribution in [2.45, 2.75) is 0 Å². The fourth-order valence-corrected chi connectivity index (χ4v) is 2.26. The zero-order chi connectivity index (χ0) is 18.0.